The van der Waals surface area contributed by atoms with Crippen molar-refractivity contribution >= 4 is 45.5 Å². The van der Waals surface area contributed by atoms with Crippen molar-refractivity contribution in [2.24, 2.45) is 0 Å². The lowest BCUT2D eigenvalue weighted by atomic mass is 10.1. The summed E-state index contributed by atoms with van der Waals surface area (Å²) in [6.45, 7) is 3.31. The number of benzene rings is 1. The molecule has 0 fully saturated rings. The van der Waals surface area contributed by atoms with Gasteiger partial charge in [-0.15, -0.1) is 11.3 Å². The minimum atomic E-state index is -5.89. The van der Waals surface area contributed by atoms with Gasteiger partial charge in [0.25, 0.3) is 6.47 Å². The van der Waals surface area contributed by atoms with Crippen LogP contribution in [0.4, 0.5) is 13.2 Å². The van der Waals surface area contributed by atoms with Gasteiger partial charge in [-0.05, 0) is 37.6 Å². The maximum absolute atomic E-state index is 12.5. The molecule has 0 spiro atoms. The summed E-state index contributed by atoms with van der Waals surface area (Å²) in [5, 5.41) is 9.40. The number of carboxylic acids is 1. The number of hydrogen-bond acceptors (Lipinski definition) is 8. The third kappa shape index (κ3) is 5.57. The van der Waals surface area contributed by atoms with Gasteiger partial charge in [0.05, 0.1) is 12.1 Å². The lowest BCUT2D eigenvalue weighted by Crippen LogP contribution is -2.28. The van der Waals surface area contributed by atoms with Crippen molar-refractivity contribution in [2.75, 3.05) is 0 Å². The van der Waals surface area contributed by atoms with E-state index in [4.69, 9.17) is 9.84 Å². The van der Waals surface area contributed by atoms with Crippen LogP contribution in [0.25, 0.3) is 11.6 Å². The summed E-state index contributed by atoms with van der Waals surface area (Å²) in [6, 6.07) is 2.98. The first-order valence-corrected chi connectivity index (χ1v) is 10.2. The second kappa shape index (κ2) is 8.83. The highest BCUT2D eigenvalue weighted by molar-refractivity contribution is 7.88. The summed E-state index contributed by atoms with van der Waals surface area (Å²) in [5.74, 6) is -1.97. The van der Waals surface area contributed by atoms with Gasteiger partial charge >= 0.3 is 21.6 Å². The summed E-state index contributed by atoms with van der Waals surface area (Å²) in [5.41, 5.74) is -4.31. The Morgan fingerprint density at radius 1 is 1.33 bits per heavy atom. The summed E-state index contributed by atoms with van der Waals surface area (Å²) >= 11 is 1.15. The number of alkyl halides is 3. The molecular formula is C17H14F3NO7S2. The monoisotopic (exact) mass is 465 g/mol. The Labute approximate surface area is 172 Å². The molecule has 1 heterocycles. The van der Waals surface area contributed by atoms with E-state index in [1.165, 1.54) is 12.1 Å². The molecule has 0 saturated heterocycles. The quantitative estimate of drug-likeness (QED) is 0.358. The van der Waals surface area contributed by atoms with E-state index in [1.54, 1.807) is 13.8 Å². The predicted molar refractivity (Wildman–Crippen MR) is 100 cm³/mol. The highest BCUT2D eigenvalue weighted by Gasteiger charge is 2.48. The number of nitrogens with zero attached hydrogens (tertiary/aromatic N) is 1. The van der Waals surface area contributed by atoms with Gasteiger partial charge in [-0.2, -0.15) is 21.6 Å². The highest BCUT2D eigenvalue weighted by Crippen LogP contribution is 2.33. The molecule has 0 aliphatic heterocycles. The van der Waals surface area contributed by atoms with Crippen LogP contribution in [0.15, 0.2) is 18.2 Å². The summed E-state index contributed by atoms with van der Waals surface area (Å²) in [7, 11) is -5.89. The zero-order valence-corrected chi connectivity index (χ0v) is 17.0. The Kier molecular flexibility index (Phi) is 6.87. The normalized spacial score (nSPS) is 12.5. The zero-order chi connectivity index (χ0) is 22.7. The Morgan fingerprint density at radius 2 is 2.00 bits per heavy atom. The van der Waals surface area contributed by atoms with Gasteiger partial charge in [0.1, 0.15) is 16.5 Å². The molecule has 0 unspecified atom stereocenters. The molecule has 1 N–H and O–H groups in total. The lowest BCUT2D eigenvalue weighted by molar-refractivity contribution is -0.136. The van der Waals surface area contributed by atoms with Crippen molar-refractivity contribution < 1.29 is 45.2 Å². The third-order valence-electron chi connectivity index (χ3n) is 3.56. The molecule has 0 saturated carbocycles. The maximum Gasteiger partial charge on any atom is 0.534 e. The molecule has 0 atom stereocenters. The topological polar surface area (TPSA) is 120 Å². The summed E-state index contributed by atoms with van der Waals surface area (Å²) in [4.78, 5) is 26.5. The number of aromatic nitrogens is 1. The van der Waals surface area contributed by atoms with Crippen LogP contribution >= 0.6 is 11.3 Å². The van der Waals surface area contributed by atoms with Gasteiger partial charge in [0.15, 0.2) is 0 Å². The Balaban J connectivity index is 2.39. The molecule has 8 nitrogen and oxygen atoms in total. The fourth-order valence-electron chi connectivity index (χ4n) is 2.21. The number of allylic oxidation sites excluding steroid dienone is 1. The van der Waals surface area contributed by atoms with Crippen LogP contribution < -0.4 is 8.92 Å². The molecule has 1 aromatic heterocycles. The number of carbonyl (C=O) groups excluding carboxylic acids is 1. The molecular weight excluding hydrogens is 451 g/mol. The Bertz CT molecular complexity index is 1110. The fourth-order valence-corrected chi connectivity index (χ4v) is 3.68. The van der Waals surface area contributed by atoms with E-state index in [0.717, 1.165) is 23.5 Å². The minimum absolute atomic E-state index is 0.0164. The molecule has 2 aromatic rings. The summed E-state index contributed by atoms with van der Waals surface area (Å²) in [6.07, 6.45) is 1.29. The lowest BCUT2D eigenvalue weighted by Gasteiger charge is -2.11. The number of halogens is 3. The first kappa shape index (κ1) is 23.3. The molecule has 0 radical (unpaired) electrons. The predicted octanol–water partition coefficient (Wildman–Crippen LogP) is 3.40. The molecule has 30 heavy (non-hydrogen) atoms. The number of thiazole rings is 1. The molecule has 0 bridgehead atoms. The van der Waals surface area contributed by atoms with E-state index in [-0.39, 0.29) is 24.2 Å². The molecule has 162 valence electrons. The van der Waals surface area contributed by atoms with Gasteiger partial charge in [0, 0.05) is 16.5 Å². The molecule has 13 heteroatoms. The number of carboxylic acid groups (broad SMARTS) is 1. The van der Waals surface area contributed by atoms with E-state index in [1.807, 2.05) is 0 Å². The smallest absolute Gasteiger partial charge is 0.481 e. The van der Waals surface area contributed by atoms with Crippen LogP contribution in [-0.4, -0.2) is 36.5 Å². The van der Waals surface area contributed by atoms with Gasteiger partial charge in [-0.3, -0.25) is 9.59 Å². The van der Waals surface area contributed by atoms with Crippen LogP contribution in [0.1, 0.15) is 28.1 Å². The van der Waals surface area contributed by atoms with Gasteiger partial charge in [-0.25, -0.2) is 4.98 Å². The zero-order valence-electron chi connectivity index (χ0n) is 15.4. The van der Waals surface area contributed by atoms with E-state index < -0.39 is 27.3 Å². The van der Waals surface area contributed by atoms with E-state index >= 15 is 0 Å². The van der Waals surface area contributed by atoms with Crippen LogP contribution in [0, 0.1) is 6.92 Å². The van der Waals surface area contributed by atoms with Crippen molar-refractivity contribution in [3.05, 3.63) is 39.3 Å². The Morgan fingerprint density at radius 3 is 2.57 bits per heavy atom. The minimum Gasteiger partial charge on any atom is -0.481 e. The number of carbonyl (C=O) groups is 2. The van der Waals surface area contributed by atoms with Crippen LogP contribution in [0.2, 0.25) is 0 Å². The molecule has 1 aromatic carbocycles. The van der Waals surface area contributed by atoms with Crippen molar-refractivity contribution in [1.82, 2.24) is 4.98 Å². The standard InChI is InChI=1S/C17H14F3NO7S2/c1-9(16-21-10(2)14(29-16)7-15(23)24)5-11-3-4-12(6-13(11)27-8-22)28-30(25,26)17(18,19)20/h3-6,8H,7H2,1-2H3,(H,23,24)/b9-5+. The Hall–Kier alpha value is -2.93. The van der Waals surface area contributed by atoms with Gasteiger partial charge in [-0.1, -0.05) is 0 Å². The average molecular weight is 465 g/mol. The van der Waals surface area contributed by atoms with E-state index in [0.29, 0.717) is 21.2 Å². The number of aryl methyl sites for hydroxylation is 1. The second-order valence-electron chi connectivity index (χ2n) is 5.82. The molecule has 0 aliphatic carbocycles. The van der Waals surface area contributed by atoms with Gasteiger partial charge in [0.2, 0.25) is 0 Å². The fraction of sp³-hybridized carbons (Fsp3) is 0.235. The molecule has 2 rings (SSSR count). The first-order valence-electron chi connectivity index (χ1n) is 7.96. The first-order chi connectivity index (χ1) is 13.8. The largest absolute Gasteiger partial charge is 0.534 e. The van der Waals surface area contributed by atoms with E-state index in [9.17, 15) is 31.2 Å². The highest BCUT2D eigenvalue weighted by atomic mass is 32.2. The number of ether oxygens (including phenoxy) is 1. The number of aliphatic carboxylic acids is 1. The van der Waals surface area contributed by atoms with Crippen molar-refractivity contribution in [3.8, 4) is 11.5 Å². The van der Waals surface area contributed by atoms with E-state index in [2.05, 4.69) is 9.17 Å². The van der Waals surface area contributed by atoms with Crippen LogP contribution in [0.3, 0.4) is 0 Å². The molecule has 0 amide bonds. The third-order valence-corrected chi connectivity index (χ3v) is 5.83. The van der Waals surface area contributed by atoms with Crippen LogP contribution in [0.5, 0.6) is 11.5 Å². The maximum atomic E-state index is 12.5. The average Bonchev–Trinajstić information content (AvgIpc) is 2.96. The van der Waals surface area contributed by atoms with Gasteiger partial charge < -0.3 is 14.0 Å². The van der Waals surface area contributed by atoms with Crippen molar-refractivity contribution in [2.45, 2.75) is 25.8 Å². The van der Waals surface area contributed by atoms with Crippen molar-refractivity contribution in [3.63, 3.8) is 0 Å². The number of rotatable bonds is 8. The van der Waals surface area contributed by atoms with Crippen LogP contribution in [-0.2, 0) is 26.1 Å². The second-order valence-corrected chi connectivity index (χ2v) is 8.44. The summed E-state index contributed by atoms with van der Waals surface area (Å²) < 4.78 is 68.4. The number of hydrogen-bond donors (Lipinski definition) is 1. The SMILES string of the molecule is C/C(=C\c1ccc(OS(=O)(=O)C(F)(F)F)cc1OC=O)c1nc(C)c(CC(=O)O)s1. The van der Waals surface area contributed by atoms with Crippen molar-refractivity contribution in [1.29, 1.82) is 0 Å². The molecule has 0 aliphatic rings.